The number of halogens is 1. The van der Waals surface area contributed by atoms with Gasteiger partial charge in [0.2, 0.25) is 0 Å². The number of thiazole rings is 1. The third-order valence-corrected chi connectivity index (χ3v) is 5.09. The zero-order chi connectivity index (χ0) is 10.7. The van der Waals surface area contributed by atoms with Crippen LogP contribution in [0, 0.1) is 0 Å². The largest absolute Gasteiger partial charge is 0.313 e. The molecule has 0 radical (unpaired) electrons. The van der Waals surface area contributed by atoms with Gasteiger partial charge in [-0.15, -0.1) is 23.7 Å². The maximum absolute atomic E-state index is 11.8. The Morgan fingerprint density at radius 1 is 1.56 bits per heavy atom. The summed E-state index contributed by atoms with van der Waals surface area (Å²) >= 11 is 1.40. The minimum atomic E-state index is -2.98. The molecule has 92 valence electrons. The Balaban J connectivity index is 0.00000128. The Kier molecular flexibility index (Phi) is 5.17. The van der Waals surface area contributed by atoms with Crippen molar-refractivity contribution in [3.8, 4) is 0 Å². The minimum Gasteiger partial charge on any atom is -0.313 e. The summed E-state index contributed by atoms with van der Waals surface area (Å²) in [6.07, 6.45) is 3.69. The lowest BCUT2D eigenvalue weighted by Gasteiger charge is -2.09. The highest BCUT2D eigenvalue weighted by atomic mass is 35.5. The summed E-state index contributed by atoms with van der Waals surface area (Å²) < 4.78 is 23.6. The first-order valence-electron chi connectivity index (χ1n) is 4.97. The van der Waals surface area contributed by atoms with Crippen molar-refractivity contribution in [2.45, 2.75) is 24.6 Å². The molecule has 0 aliphatic carbocycles. The molecule has 1 fully saturated rings. The lowest BCUT2D eigenvalue weighted by molar-refractivity contribution is 0.576. The van der Waals surface area contributed by atoms with Crippen LogP contribution in [0.2, 0.25) is 0 Å². The van der Waals surface area contributed by atoms with E-state index in [4.69, 9.17) is 0 Å². The molecule has 1 saturated heterocycles. The van der Waals surface area contributed by atoms with Crippen molar-refractivity contribution in [1.29, 1.82) is 0 Å². The molecule has 0 saturated carbocycles. The van der Waals surface area contributed by atoms with Crippen LogP contribution in [0.25, 0.3) is 0 Å². The van der Waals surface area contributed by atoms with E-state index in [0.717, 1.165) is 24.3 Å². The van der Waals surface area contributed by atoms with Crippen molar-refractivity contribution in [3.05, 3.63) is 16.6 Å². The SMILES string of the molecule is Cl.O=S(=O)(Cc1cncs1)CC1CCCN1. The van der Waals surface area contributed by atoms with Gasteiger partial charge in [-0.2, -0.15) is 0 Å². The van der Waals surface area contributed by atoms with Crippen molar-refractivity contribution < 1.29 is 8.42 Å². The van der Waals surface area contributed by atoms with Crippen molar-refractivity contribution in [1.82, 2.24) is 10.3 Å². The van der Waals surface area contributed by atoms with Gasteiger partial charge in [-0.05, 0) is 19.4 Å². The number of sulfone groups is 1. The number of hydrogen-bond acceptors (Lipinski definition) is 5. The maximum atomic E-state index is 11.8. The van der Waals surface area contributed by atoms with Gasteiger partial charge >= 0.3 is 0 Å². The molecule has 4 nitrogen and oxygen atoms in total. The molecule has 2 heterocycles. The van der Waals surface area contributed by atoms with Crippen LogP contribution in [-0.4, -0.2) is 31.7 Å². The van der Waals surface area contributed by atoms with Gasteiger partial charge in [-0.25, -0.2) is 8.42 Å². The summed E-state index contributed by atoms with van der Waals surface area (Å²) in [5, 5.41) is 3.20. The Morgan fingerprint density at radius 2 is 2.38 bits per heavy atom. The van der Waals surface area contributed by atoms with E-state index in [1.807, 2.05) is 0 Å². The highest BCUT2D eigenvalue weighted by Gasteiger charge is 2.22. The molecular formula is C9H15ClN2O2S2. The average Bonchev–Trinajstić information content (AvgIpc) is 2.75. The van der Waals surface area contributed by atoms with Gasteiger partial charge in [-0.3, -0.25) is 4.98 Å². The van der Waals surface area contributed by atoms with E-state index in [1.54, 1.807) is 11.7 Å². The van der Waals surface area contributed by atoms with Gasteiger partial charge in [0.05, 0.1) is 17.0 Å². The van der Waals surface area contributed by atoms with E-state index in [1.165, 1.54) is 11.3 Å². The fourth-order valence-corrected chi connectivity index (χ4v) is 4.51. The van der Waals surface area contributed by atoms with Crippen LogP contribution in [0.1, 0.15) is 17.7 Å². The molecule has 1 N–H and O–H groups in total. The van der Waals surface area contributed by atoms with Gasteiger partial charge < -0.3 is 5.32 Å². The smallest absolute Gasteiger partial charge is 0.156 e. The maximum Gasteiger partial charge on any atom is 0.156 e. The molecule has 0 amide bonds. The summed E-state index contributed by atoms with van der Waals surface area (Å²) in [6, 6.07) is 0.155. The minimum absolute atomic E-state index is 0. The molecule has 1 aromatic rings. The van der Waals surface area contributed by atoms with Gasteiger partial charge in [0.15, 0.2) is 9.84 Å². The number of nitrogens with zero attached hydrogens (tertiary/aromatic N) is 1. The fraction of sp³-hybridized carbons (Fsp3) is 0.667. The molecule has 0 spiro atoms. The molecule has 0 aromatic carbocycles. The molecular weight excluding hydrogens is 268 g/mol. The van der Waals surface area contributed by atoms with Crippen molar-refractivity contribution in [2.75, 3.05) is 12.3 Å². The highest BCUT2D eigenvalue weighted by Crippen LogP contribution is 2.14. The van der Waals surface area contributed by atoms with Crippen molar-refractivity contribution in [3.63, 3.8) is 0 Å². The molecule has 1 aliphatic heterocycles. The van der Waals surface area contributed by atoms with Crippen molar-refractivity contribution >= 4 is 33.6 Å². The molecule has 1 aliphatic rings. The number of nitrogens with one attached hydrogen (secondary N) is 1. The summed E-state index contributed by atoms with van der Waals surface area (Å²) in [5.41, 5.74) is 1.67. The zero-order valence-electron chi connectivity index (χ0n) is 8.76. The third kappa shape index (κ3) is 4.01. The quantitative estimate of drug-likeness (QED) is 0.902. The average molecular weight is 283 g/mol. The van der Waals surface area contributed by atoms with E-state index in [-0.39, 0.29) is 30.0 Å². The van der Waals surface area contributed by atoms with E-state index < -0.39 is 9.84 Å². The first-order chi connectivity index (χ1) is 7.16. The lowest BCUT2D eigenvalue weighted by atomic mass is 10.3. The summed E-state index contributed by atoms with van der Waals surface area (Å²) in [5.74, 6) is 0.390. The molecule has 16 heavy (non-hydrogen) atoms. The Morgan fingerprint density at radius 3 is 2.94 bits per heavy atom. The van der Waals surface area contributed by atoms with Crippen LogP contribution in [0.3, 0.4) is 0 Å². The number of hydrogen-bond donors (Lipinski definition) is 1. The monoisotopic (exact) mass is 282 g/mol. The van der Waals surface area contributed by atoms with Gasteiger partial charge in [0, 0.05) is 17.1 Å². The zero-order valence-corrected chi connectivity index (χ0v) is 11.2. The second-order valence-corrected chi connectivity index (χ2v) is 6.90. The Bertz CT molecular complexity index is 399. The van der Waals surface area contributed by atoms with Gasteiger partial charge in [0.1, 0.15) is 0 Å². The molecule has 7 heteroatoms. The second-order valence-electron chi connectivity index (χ2n) is 3.82. The third-order valence-electron chi connectivity index (χ3n) is 2.46. The van der Waals surface area contributed by atoms with E-state index >= 15 is 0 Å². The normalized spacial score (nSPS) is 20.6. The van der Waals surface area contributed by atoms with Crippen LogP contribution in [0.5, 0.6) is 0 Å². The van der Waals surface area contributed by atoms with Crippen molar-refractivity contribution in [2.24, 2.45) is 0 Å². The van der Waals surface area contributed by atoms with Crippen LogP contribution >= 0.6 is 23.7 Å². The second kappa shape index (κ2) is 5.95. The first kappa shape index (κ1) is 13.9. The standard InChI is InChI=1S/C9H14N2O2S2.ClH/c12-15(13,5-8-2-1-3-11-8)6-9-4-10-7-14-9;/h4,7-8,11H,1-3,5-6H2;1H. The van der Waals surface area contributed by atoms with Crippen LogP contribution in [-0.2, 0) is 15.6 Å². The summed E-state index contributed by atoms with van der Waals surface area (Å²) in [4.78, 5) is 4.70. The van der Waals surface area contributed by atoms with E-state index in [9.17, 15) is 8.42 Å². The van der Waals surface area contributed by atoms with Gasteiger partial charge in [-0.1, -0.05) is 0 Å². The predicted octanol–water partition coefficient (Wildman–Crippen LogP) is 1.23. The lowest BCUT2D eigenvalue weighted by Crippen LogP contribution is -2.30. The molecule has 1 aromatic heterocycles. The topological polar surface area (TPSA) is 59.1 Å². The Hall–Kier alpha value is -0.170. The molecule has 0 bridgehead atoms. The Labute approximate surface area is 106 Å². The first-order valence-corrected chi connectivity index (χ1v) is 7.67. The van der Waals surface area contributed by atoms with Crippen LogP contribution in [0.4, 0.5) is 0 Å². The summed E-state index contributed by atoms with van der Waals surface area (Å²) in [7, 11) is -2.98. The molecule has 1 atom stereocenters. The van der Waals surface area contributed by atoms with E-state index in [0.29, 0.717) is 0 Å². The highest BCUT2D eigenvalue weighted by molar-refractivity contribution is 7.90. The number of rotatable bonds is 4. The van der Waals surface area contributed by atoms with Gasteiger partial charge in [0.25, 0.3) is 0 Å². The van der Waals surface area contributed by atoms with Crippen LogP contribution < -0.4 is 5.32 Å². The molecule has 2 rings (SSSR count). The van der Waals surface area contributed by atoms with E-state index in [2.05, 4.69) is 10.3 Å². The number of aromatic nitrogens is 1. The molecule has 1 unspecified atom stereocenters. The summed E-state index contributed by atoms with van der Waals surface area (Å²) in [6.45, 7) is 0.945. The van der Waals surface area contributed by atoms with Crippen LogP contribution in [0.15, 0.2) is 11.7 Å². The fourth-order valence-electron chi connectivity index (χ4n) is 1.79. The predicted molar refractivity (Wildman–Crippen MR) is 67.9 cm³/mol.